The molecular formula is C19H22O3. The number of aromatic hydroxyl groups is 2. The largest absolute Gasteiger partial charge is 0.508 e. The molecule has 0 radical (unpaired) electrons. The monoisotopic (exact) mass is 298 g/mol. The number of phenolic OH excluding ortho intramolecular Hbond substituents is 2. The van der Waals surface area contributed by atoms with Gasteiger partial charge >= 0.3 is 0 Å². The van der Waals surface area contributed by atoms with E-state index in [1.54, 1.807) is 24.3 Å². The Balaban J connectivity index is 1.99. The summed E-state index contributed by atoms with van der Waals surface area (Å²) in [5.74, 6) is 1.17. The molecule has 0 atom stereocenters. The lowest BCUT2D eigenvalue weighted by Gasteiger charge is -2.08. The Morgan fingerprint density at radius 3 is 2.27 bits per heavy atom. The topological polar surface area (TPSA) is 49.7 Å². The molecule has 0 aliphatic heterocycles. The van der Waals surface area contributed by atoms with Crippen LogP contribution in [-0.4, -0.2) is 16.8 Å². The number of hydrogen-bond acceptors (Lipinski definition) is 3. The molecule has 0 heterocycles. The number of rotatable bonds is 6. The number of aryl methyl sites for hydroxylation is 2. The van der Waals surface area contributed by atoms with Gasteiger partial charge in [0, 0.05) is 6.07 Å². The highest BCUT2D eigenvalue weighted by atomic mass is 16.5. The predicted octanol–water partition coefficient (Wildman–Crippen LogP) is 4.23. The van der Waals surface area contributed by atoms with E-state index in [-0.39, 0.29) is 11.5 Å². The SMILES string of the molecule is CC(C)=CCOc1cc(O)cc(CCc2ccc(O)cc2)c1. The Bertz CT molecular complexity index is 638. The standard InChI is InChI=1S/C19H22O3/c1-14(2)9-10-22-19-12-16(11-18(21)13-19)4-3-15-5-7-17(20)8-6-15/h5-9,11-13,20-21H,3-4,10H2,1-2H3. The lowest BCUT2D eigenvalue weighted by atomic mass is 10.0. The van der Waals surface area contributed by atoms with Crippen LogP contribution in [0.2, 0.25) is 0 Å². The Hall–Kier alpha value is -2.42. The van der Waals surface area contributed by atoms with Crippen molar-refractivity contribution >= 4 is 0 Å². The first-order valence-corrected chi connectivity index (χ1v) is 7.40. The van der Waals surface area contributed by atoms with Gasteiger partial charge in [-0.15, -0.1) is 0 Å². The minimum absolute atomic E-state index is 0.218. The van der Waals surface area contributed by atoms with Gasteiger partial charge in [-0.3, -0.25) is 0 Å². The quantitative estimate of drug-likeness (QED) is 0.785. The average Bonchev–Trinajstić information content (AvgIpc) is 2.46. The van der Waals surface area contributed by atoms with Crippen LogP contribution in [0.1, 0.15) is 25.0 Å². The van der Waals surface area contributed by atoms with Gasteiger partial charge < -0.3 is 14.9 Å². The molecule has 2 N–H and O–H groups in total. The molecule has 0 aromatic heterocycles. The second-order valence-corrected chi connectivity index (χ2v) is 5.59. The summed E-state index contributed by atoms with van der Waals surface area (Å²) in [5, 5.41) is 19.1. The van der Waals surface area contributed by atoms with Crippen LogP contribution < -0.4 is 4.74 Å². The third kappa shape index (κ3) is 5.17. The first-order chi connectivity index (χ1) is 10.5. The van der Waals surface area contributed by atoms with Gasteiger partial charge in [-0.1, -0.05) is 17.7 Å². The highest BCUT2D eigenvalue weighted by Crippen LogP contribution is 2.23. The second-order valence-electron chi connectivity index (χ2n) is 5.59. The van der Waals surface area contributed by atoms with Crippen LogP contribution in [0.4, 0.5) is 0 Å². The van der Waals surface area contributed by atoms with Crippen molar-refractivity contribution in [3.63, 3.8) is 0 Å². The highest BCUT2D eigenvalue weighted by Gasteiger charge is 2.02. The summed E-state index contributed by atoms with van der Waals surface area (Å²) in [6.45, 7) is 4.55. The molecule has 0 amide bonds. The summed E-state index contributed by atoms with van der Waals surface area (Å²) in [6, 6.07) is 12.5. The summed E-state index contributed by atoms with van der Waals surface area (Å²) >= 11 is 0. The van der Waals surface area contributed by atoms with Crippen molar-refractivity contribution in [3.8, 4) is 17.2 Å². The Morgan fingerprint density at radius 2 is 1.59 bits per heavy atom. The van der Waals surface area contributed by atoms with Crippen LogP contribution in [0.3, 0.4) is 0 Å². The van der Waals surface area contributed by atoms with Gasteiger partial charge in [-0.05, 0) is 68.2 Å². The molecule has 0 bridgehead atoms. The van der Waals surface area contributed by atoms with Crippen molar-refractivity contribution in [1.82, 2.24) is 0 Å². The first kappa shape index (κ1) is 16.0. The summed E-state index contributed by atoms with van der Waals surface area (Å²) in [5.41, 5.74) is 3.38. The molecule has 0 saturated heterocycles. The number of ether oxygens (including phenoxy) is 1. The first-order valence-electron chi connectivity index (χ1n) is 7.40. The number of benzene rings is 2. The van der Waals surface area contributed by atoms with E-state index in [9.17, 15) is 10.2 Å². The molecule has 2 aromatic carbocycles. The average molecular weight is 298 g/mol. The van der Waals surface area contributed by atoms with Crippen LogP contribution in [0.25, 0.3) is 0 Å². The summed E-state index contributed by atoms with van der Waals surface area (Å²) in [7, 11) is 0. The molecule has 0 saturated carbocycles. The Kier molecular flexibility index (Phi) is 5.48. The van der Waals surface area contributed by atoms with Crippen LogP contribution >= 0.6 is 0 Å². The van der Waals surface area contributed by atoms with Gasteiger partial charge in [0.05, 0.1) is 0 Å². The van der Waals surface area contributed by atoms with E-state index in [0.717, 1.165) is 24.0 Å². The van der Waals surface area contributed by atoms with E-state index in [0.29, 0.717) is 12.4 Å². The smallest absolute Gasteiger partial charge is 0.123 e. The molecular weight excluding hydrogens is 276 g/mol. The summed E-state index contributed by atoms with van der Waals surface area (Å²) < 4.78 is 5.64. The fourth-order valence-electron chi connectivity index (χ4n) is 2.13. The maximum atomic E-state index is 9.81. The van der Waals surface area contributed by atoms with Crippen molar-refractivity contribution < 1.29 is 14.9 Å². The molecule has 0 aliphatic carbocycles. The van der Waals surface area contributed by atoms with E-state index in [1.807, 2.05) is 38.1 Å². The zero-order valence-electron chi connectivity index (χ0n) is 13.0. The van der Waals surface area contributed by atoms with Crippen molar-refractivity contribution in [3.05, 3.63) is 65.2 Å². The molecule has 0 fully saturated rings. The molecule has 22 heavy (non-hydrogen) atoms. The highest BCUT2D eigenvalue weighted by molar-refractivity contribution is 5.38. The zero-order chi connectivity index (χ0) is 15.9. The Morgan fingerprint density at radius 1 is 0.909 bits per heavy atom. The fraction of sp³-hybridized carbons (Fsp3) is 0.263. The molecule has 0 aliphatic rings. The second kappa shape index (κ2) is 7.55. The van der Waals surface area contributed by atoms with Gasteiger partial charge in [0.25, 0.3) is 0 Å². The van der Waals surface area contributed by atoms with Crippen molar-refractivity contribution in [1.29, 1.82) is 0 Å². The van der Waals surface area contributed by atoms with E-state index < -0.39 is 0 Å². The van der Waals surface area contributed by atoms with Gasteiger partial charge in [-0.25, -0.2) is 0 Å². The van der Waals surface area contributed by atoms with Gasteiger partial charge in [0.15, 0.2) is 0 Å². The normalized spacial score (nSPS) is 10.3. The summed E-state index contributed by atoms with van der Waals surface area (Å²) in [4.78, 5) is 0. The van der Waals surface area contributed by atoms with Crippen LogP contribution in [0, 0.1) is 0 Å². The maximum absolute atomic E-state index is 9.81. The van der Waals surface area contributed by atoms with Crippen LogP contribution in [0.5, 0.6) is 17.2 Å². The number of hydrogen-bond donors (Lipinski definition) is 2. The van der Waals surface area contributed by atoms with E-state index in [1.165, 1.54) is 5.57 Å². The summed E-state index contributed by atoms with van der Waals surface area (Å²) in [6.07, 6.45) is 3.65. The molecule has 2 rings (SSSR count). The molecule has 3 nitrogen and oxygen atoms in total. The van der Waals surface area contributed by atoms with Crippen LogP contribution in [0.15, 0.2) is 54.1 Å². The minimum Gasteiger partial charge on any atom is -0.508 e. The lowest BCUT2D eigenvalue weighted by Crippen LogP contribution is -1.96. The third-order valence-corrected chi connectivity index (χ3v) is 3.33. The van der Waals surface area contributed by atoms with Gasteiger partial charge in [-0.2, -0.15) is 0 Å². The molecule has 0 unspecified atom stereocenters. The Labute approximate surface area is 131 Å². The number of phenols is 2. The maximum Gasteiger partial charge on any atom is 0.123 e. The predicted molar refractivity (Wildman–Crippen MR) is 88.5 cm³/mol. The lowest BCUT2D eigenvalue weighted by molar-refractivity contribution is 0.358. The van der Waals surface area contributed by atoms with Crippen molar-refractivity contribution in [2.45, 2.75) is 26.7 Å². The van der Waals surface area contributed by atoms with E-state index >= 15 is 0 Å². The molecule has 3 heteroatoms. The third-order valence-electron chi connectivity index (χ3n) is 3.33. The van der Waals surface area contributed by atoms with Gasteiger partial charge in [0.1, 0.15) is 23.9 Å². The zero-order valence-corrected chi connectivity index (χ0v) is 13.0. The van der Waals surface area contributed by atoms with Crippen LogP contribution in [-0.2, 0) is 12.8 Å². The number of allylic oxidation sites excluding steroid dienone is 1. The fourth-order valence-corrected chi connectivity index (χ4v) is 2.13. The van der Waals surface area contributed by atoms with E-state index in [2.05, 4.69) is 0 Å². The van der Waals surface area contributed by atoms with E-state index in [4.69, 9.17) is 4.74 Å². The minimum atomic E-state index is 0.218. The van der Waals surface area contributed by atoms with Crippen molar-refractivity contribution in [2.24, 2.45) is 0 Å². The molecule has 2 aromatic rings. The molecule has 116 valence electrons. The molecule has 0 spiro atoms. The van der Waals surface area contributed by atoms with Gasteiger partial charge in [0.2, 0.25) is 0 Å². The van der Waals surface area contributed by atoms with Crippen molar-refractivity contribution in [2.75, 3.05) is 6.61 Å².